The van der Waals surface area contributed by atoms with Crippen molar-refractivity contribution in [3.05, 3.63) is 24.3 Å². The molecule has 0 saturated carbocycles. The quantitative estimate of drug-likeness (QED) is 0.656. The van der Waals surface area contributed by atoms with Crippen molar-refractivity contribution < 1.29 is 4.74 Å². The lowest BCUT2D eigenvalue weighted by Crippen LogP contribution is -2.21. The summed E-state index contributed by atoms with van der Waals surface area (Å²) in [6, 6.07) is 8.37. The fraction of sp³-hybridized carbons (Fsp3) is 0.625. The van der Waals surface area contributed by atoms with Crippen molar-refractivity contribution in [3.8, 4) is 5.75 Å². The Hall–Kier alpha value is -1.22. The minimum Gasteiger partial charge on any atom is -0.493 e. The number of ether oxygens (including phenoxy) is 1. The van der Waals surface area contributed by atoms with E-state index in [1.54, 1.807) is 0 Å². The van der Waals surface area contributed by atoms with Gasteiger partial charge in [0.2, 0.25) is 0 Å². The van der Waals surface area contributed by atoms with E-state index in [9.17, 15) is 0 Å². The van der Waals surface area contributed by atoms with E-state index in [4.69, 9.17) is 4.74 Å². The van der Waals surface area contributed by atoms with Crippen molar-refractivity contribution in [2.45, 2.75) is 33.6 Å². The Labute approximate surface area is 118 Å². The fourth-order valence-electron chi connectivity index (χ4n) is 2.05. The van der Waals surface area contributed by atoms with Crippen LogP contribution in [0.15, 0.2) is 24.3 Å². The Kier molecular flexibility index (Phi) is 8.07. The van der Waals surface area contributed by atoms with Gasteiger partial charge >= 0.3 is 0 Å². The summed E-state index contributed by atoms with van der Waals surface area (Å²) < 4.78 is 5.80. The monoisotopic (exact) mass is 264 g/mol. The SMILES string of the molecule is CCCNCCCOc1cccc(N(CC)CC)c1. The van der Waals surface area contributed by atoms with Gasteiger partial charge in [0.25, 0.3) is 0 Å². The topological polar surface area (TPSA) is 24.5 Å². The summed E-state index contributed by atoms with van der Waals surface area (Å²) in [6.45, 7) is 11.5. The zero-order valence-corrected chi connectivity index (χ0v) is 12.6. The summed E-state index contributed by atoms with van der Waals surface area (Å²) in [5.74, 6) is 0.972. The number of hydrogen-bond donors (Lipinski definition) is 1. The molecule has 1 N–H and O–H groups in total. The molecule has 0 fully saturated rings. The smallest absolute Gasteiger partial charge is 0.121 e. The van der Waals surface area contributed by atoms with E-state index in [0.29, 0.717) is 0 Å². The van der Waals surface area contributed by atoms with Crippen LogP contribution >= 0.6 is 0 Å². The highest BCUT2D eigenvalue weighted by Gasteiger charge is 2.02. The molecule has 0 bridgehead atoms. The molecule has 3 heteroatoms. The van der Waals surface area contributed by atoms with Gasteiger partial charge in [0.05, 0.1) is 6.61 Å². The molecule has 3 nitrogen and oxygen atoms in total. The number of nitrogens with one attached hydrogen (secondary N) is 1. The van der Waals surface area contributed by atoms with Crippen molar-refractivity contribution in [1.29, 1.82) is 0 Å². The molecule has 0 aromatic heterocycles. The summed E-state index contributed by atoms with van der Waals surface area (Å²) in [7, 11) is 0. The average Bonchev–Trinajstić information content (AvgIpc) is 2.45. The van der Waals surface area contributed by atoms with Crippen LogP contribution in [0.5, 0.6) is 5.75 Å². The normalized spacial score (nSPS) is 10.5. The Balaban J connectivity index is 2.35. The number of hydrogen-bond acceptors (Lipinski definition) is 3. The molecule has 1 aromatic carbocycles. The van der Waals surface area contributed by atoms with Crippen LogP contribution in [0, 0.1) is 0 Å². The van der Waals surface area contributed by atoms with E-state index in [1.807, 2.05) is 6.07 Å². The first-order valence-electron chi connectivity index (χ1n) is 7.50. The summed E-state index contributed by atoms with van der Waals surface area (Å²) >= 11 is 0. The number of nitrogens with zero attached hydrogens (tertiary/aromatic N) is 1. The molecule has 108 valence electrons. The van der Waals surface area contributed by atoms with E-state index in [1.165, 1.54) is 12.1 Å². The molecule has 0 amide bonds. The maximum Gasteiger partial charge on any atom is 0.121 e. The molecule has 0 aliphatic heterocycles. The third kappa shape index (κ3) is 5.97. The Bertz CT molecular complexity index is 337. The Morgan fingerprint density at radius 2 is 1.89 bits per heavy atom. The predicted molar refractivity (Wildman–Crippen MR) is 83.3 cm³/mol. The second-order valence-corrected chi connectivity index (χ2v) is 4.62. The maximum atomic E-state index is 5.80. The zero-order valence-electron chi connectivity index (χ0n) is 12.6. The van der Waals surface area contributed by atoms with Crippen LogP contribution < -0.4 is 15.0 Å². The van der Waals surface area contributed by atoms with E-state index >= 15 is 0 Å². The third-order valence-corrected chi connectivity index (χ3v) is 3.14. The maximum absolute atomic E-state index is 5.80. The standard InChI is InChI=1S/C16H28N2O/c1-4-11-17-12-8-13-19-16-10-7-9-15(14-16)18(5-2)6-3/h7,9-10,14,17H,4-6,8,11-13H2,1-3H3. The molecule has 1 aromatic rings. The molecule has 0 radical (unpaired) electrons. The number of rotatable bonds is 10. The average molecular weight is 264 g/mol. The van der Waals surface area contributed by atoms with Gasteiger partial charge in [-0.3, -0.25) is 0 Å². The van der Waals surface area contributed by atoms with Crippen molar-refractivity contribution in [1.82, 2.24) is 5.32 Å². The van der Waals surface area contributed by atoms with Gasteiger partial charge in [0, 0.05) is 24.8 Å². The molecule has 0 atom stereocenters. The number of benzene rings is 1. The summed E-state index contributed by atoms with van der Waals surface area (Å²) in [4.78, 5) is 2.33. The first-order valence-corrected chi connectivity index (χ1v) is 7.50. The molecule has 0 saturated heterocycles. The van der Waals surface area contributed by atoms with Crippen LogP contribution in [0.25, 0.3) is 0 Å². The van der Waals surface area contributed by atoms with Gasteiger partial charge < -0.3 is 15.0 Å². The highest BCUT2D eigenvalue weighted by Crippen LogP contribution is 2.20. The van der Waals surface area contributed by atoms with Gasteiger partial charge in [-0.1, -0.05) is 13.0 Å². The van der Waals surface area contributed by atoms with Crippen LogP contribution in [0.4, 0.5) is 5.69 Å². The summed E-state index contributed by atoms with van der Waals surface area (Å²) in [5, 5.41) is 3.38. The molecule has 0 aliphatic carbocycles. The first kappa shape index (κ1) is 15.8. The van der Waals surface area contributed by atoms with E-state index in [0.717, 1.165) is 45.0 Å². The Morgan fingerprint density at radius 3 is 2.58 bits per heavy atom. The molecule has 1 rings (SSSR count). The first-order chi connectivity index (χ1) is 9.31. The Morgan fingerprint density at radius 1 is 1.11 bits per heavy atom. The second-order valence-electron chi connectivity index (χ2n) is 4.62. The lowest BCUT2D eigenvalue weighted by atomic mass is 10.2. The molecule has 0 unspecified atom stereocenters. The minimum atomic E-state index is 0.776. The fourth-order valence-corrected chi connectivity index (χ4v) is 2.05. The molecule has 19 heavy (non-hydrogen) atoms. The van der Waals surface area contributed by atoms with Gasteiger partial charge in [-0.2, -0.15) is 0 Å². The van der Waals surface area contributed by atoms with Gasteiger partial charge in [-0.05, 0) is 51.9 Å². The van der Waals surface area contributed by atoms with Gasteiger partial charge in [0.15, 0.2) is 0 Å². The highest BCUT2D eigenvalue weighted by atomic mass is 16.5. The summed E-state index contributed by atoms with van der Waals surface area (Å²) in [6.07, 6.45) is 2.24. The molecule has 0 aliphatic rings. The van der Waals surface area contributed by atoms with Gasteiger partial charge in [-0.25, -0.2) is 0 Å². The van der Waals surface area contributed by atoms with Crippen molar-refractivity contribution in [3.63, 3.8) is 0 Å². The van der Waals surface area contributed by atoms with E-state index in [2.05, 4.69) is 49.2 Å². The molecular formula is C16H28N2O. The third-order valence-electron chi connectivity index (χ3n) is 3.14. The van der Waals surface area contributed by atoms with Crippen LogP contribution in [-0.2, 0) is 0 Å². The predicted octanol–water partition coefficient (Wildman–Crippen LogP) is 3.30. The van der Waals surface area contributed by atoms with Gasteiger partial charge in [-0.15, -0.1) is 0 Å². The molecular weight excluding hydrogens is 236 g/mol. The van der Waals surface area contributed by atoms with Crippen molar-refractivity contribution in [2.75, 3.05) is 37.7 Å². The molecule has 0 spiro atoms. The van der Waals surface area contributed by atoms with Crippen LogP contribution in [0.1, 0.15) is 33.6 Å². The zero-order chi connectivity index (χ0) is 13.9. The van der Waals surface area contributed by atoms with Crippen molar-refractivity contribution in [2.24, 2.45) is 0 Å². The summed E-state index contributed by atoms with van der Waals surface area (Å²) in [5.41, 5.74) is 1.24. The van der Waals surface area contributed by atoms with Crippen molar-refractivity contribution >= 4 is 5.69 Å². The molecule has 0 heterocycles. The lowest BCUT2D eigenvalue weighted by molar-refractivity contribution is 0.308. The van der Waals surface area contributed by atoms with Gasteiger partial charge in [0.1, 0.15) is 5.75 Å². The largest absolute Gasteiger partial charge is 0.493 e. The highest BCUT2D eigenvalue weighted by molar-refractivity contribution is 5.50. The van der Waals surface area contributed by atoms with Crippen LogP contribution in [0.3, 0.4) is 0 Å². The van der Waals surface area contributed by atoms with Crippen LogP contribution in [0.2, 0.25) is 0 Å². The minimum absolute atomic E-state index is 0.776. The van der Waals surface area contributed by atoms with E-state index < -0.39 is 0 Å². The number of anilines is 1. The second kappa shape index (κ2) is 9.68. The van der Waals surface area contributed by atoms with Crippen LogP contribution in [-0.4, -0.2) is 32.8 Å². The lowest BCUT2D eigenvalue weighted by Gasteiger charge is -2.21. The van der Waals surface area contributed by atoms with E-state index in [-0.39, 0.29) is 0 Å².